The van der Waals surface area contributed by atoms with E-state index in [2.05, 4.69) is 12.1 Å². The molecule has 4 heteroatoms. The number of anilines is 1. The van der Waals surface area contributed by atoms with Gasteiger partial charge in [0.1, 0.15) is 0 Å². The van der Waals surface area contributed by atoms with Crippen LogP contribution in [-0.4, -0.2) is 31.8 Å². The fourth-order valence-electron chi connectivity index (χ4n) is 3.02. The third-order valence-corrected chi connectivity index (χ3v) is 4.18. The molecule has 0 bridgehead atoms. The fraction of sp³-hybridized carbons (Fsp3) is 0.250. The van der Waals surface area contributed by atoms with Gasteiger partial charge in [-0.2, -0.15) is 0 Å². The molecule has 3 aromatic rings. The van der Waals surface area contributed by atoms with E-state index in [4.69, 9.17) is 4.74 Å². The zero-order chi connectivity index (χ0) is 17.3. The third kappa shape index (κ3) is 2.81. The molecule has 0 spiro atoms. The van der Waals surface area contributed by atoms with E-state index in [1.807, 2.05) is 49.3 Å². The van der Waals surface area contributed by atoms with Crippen LogP contribution in [0, 0.1) is 0 Å². The Labute approximate surface area is 141 Å². The van der Waals surface area contributed by atoms with E-state index >= 15 is 0 Å². The molecule has 0 fully saturated rings. The maximum absolute atomic E-state index is 12.0. The van der Waals surface area contributed by atoms with E-state index in [9.17, 15) is 9.90 Å². The summed E-state index contributed by atoms with van der Waals surface area (Å²) >= 11 is 0. The molecule has 0 aliphatic heterocycles. The van der Waals surface area contributed by atoms with E-state index in [0.29, 0.717) is 5.56 Å². The first-order chi connectivity index (χ1) is 11.5. The van der Waals surface area contributed by atoms with Crippen LogP contribution in [0.5, 0.6) is 0 Å². The Hall–Kier alpha value is -2.59. The van der Waals surface area contributed by atoms with Gasteiger partial charge in [0.2, 0.25) is 0 Å². The van der Waals surface area contributed by atoms with Crippen molar-refractivity contribution in [1.82, 2.24) is 0 Å². The maximum atomic E-state index is 12.0. The van der Waals surface area contributed by atoms with Crippen LogP contribution in [-0.2, 0) is 9.53 Å². The Morgan fingerprint density at radius 2 is 1.71 bits per heavy atom. The van der Waals surface area contributed by atoms with E-state index in [1.54, 1.807) is 13.0 Å². The molecule has 0 amide bonds. The molecule has 124 valence electrons. The van der Waals surface area contributed by atoms with Crippen molar-refractivity contribution >= 4 is 33.2 Å². The molecule has 3 aromatic carbocycles. The number of nitrogens with zero attached hydrogens (tertiary/aromatic N) is 1. The van der Waals surface area contributed by atoms with Crippen LogP contribution in [0.1, 0.15) is 18.6 Å². The smallest absolute Gasteiger partial charge is 0.339 e. The van der Waals surface area contributed by atoms with Gasteiger partial charge in [-0.15, -0.1) is 0 Å². The molecular formula is C20H21NO3. The standard InChI is InChI=1S/C20H21NO3/c1-4-24-20(23)19(22)15-9-10-18(21(2)3)17-12-14-8-6-5-7-13(14)11-16(15)17/h5-12,19,22H,4H2,1-3H3/t19-/m0/s1. The van der Waals surface area contributed by atoms with Gasteiger partial charge in [0, 0.05) is 25.2 Å². The van der Waals surface area contributed by atoms with Gasteiger partial charge in [-0.05, 0) is 46.8 Å². The lowest BCUT2D eigenvalue weighted by Gasteiger charge is -2.20. The minimum atomic E-state index is -1.29. The van der Waals surface area contributed by atoms with Gasteiger partial charge in [-0.1, -0.05) is 30.3 Å². The lowest BCUT2D eigenvalue weighted by molar-refractivity contribution is -0.153. The second-order valence-corrected chi connectivity index (χ2v) is 5.97. The van der Waals surface area contributed by atoms with Crippen molar-refractivity contribution in [2.24, 2.45) is 0 Å². The average Bonchev–Trinajstić information content (AvgIpc) is 2.58. The number of benzene rings is 3. The van der Waals surface area contributed by atoms with Crippen molar-refractivity contribution in [2.75, 3.05) is 25.6 Å². The predicted molar refractivity (Wildman–Crippen MR) is 97.4 cm³/mol. The van der Waals surface area contributed by atoms with Gasteiger partial charge in [0.25, 0.3) is 0 Å². The molecule has 1 N–H and O–H groups in total. The molecule has 0 saturated heterocycles. The summed E-state index contributed by atoms with van der Waals surface area (Å²) in [5.74, 6) is -0.621. The molecule has 24 heavy (non-hydrogen) atoms. The van der Waals surface area contributed by atoms with E-state index in [1.165, 1.54) is 0 Å². The number of hydrogen-bond acceptors (Lipinski definition) is 4. The normalized spacial score (nSPS) is 12.3. The number of aliphatic hydroxyl groups is 1. The van der Waals surface area contributed by atoms with Gasteiger partial charge in [0.05, 0.1) is 6.61 Å². The van der Waals surface area contributed by atoms with Crippen molar-refractivity contribution in [1.29, 1.82) is 0 Å². The lowest BCUT2D eigenvalue weighted by atomic mass is 9.95. The summed E-state index contributed by atoms with van der Waals surface area (Å²) in [6, 6.07) is 15.9. The first kappa shape index (κ1) is 16.3. The molecule has 0 radical (unpaired) electrons. The molecule has 0 aliphatic carbocycles. The highest BCUT2D eigenvalue weighted by molar-refractivity contribution is 6.06. The molecule has 0 heterocycles. The Morgan fingerprint density at radius 3 is 2.29 bits per heavy atom. The Bertz CT molecular complexity index is 902. The topological polar surface area (TPSA) is 49.8 Å². The van der Waals surface area contributed by atoms with E-state index < -0.39 is 12.1 Å². The number of ether oxygens (including phenoxy) is 1. The summed E-state index contributed by atoms with van der Waals surface area (Å²) < 4.78 is 4.97. The molecular weight excluding hydrogens is 302 g/mol. The molecule has 0 aromatic heterocycles. The van der Waals surface area contributed by atoms with E-state index in [0.717, 1.165) is 27.2 Å². The second-order valence-electron chi connectivity index (χ2n) is 5.97. The largest absolute Gasteiger partial charge is 0.464 e. The lowest BCUT2D eigenvalue weighted by Crippen LogP contribution is -2.16. The first-order valence-corrected chi connectivity index (χ1v) is 8.00. The first-order valence-electron chi connectivity index (χ1n) is 8.00. The van der Waals surface area contributed by atoms with Crippen molar-refractivity contribution in [2.45, 2.75) is 13.0 Å². The van der Waals surface area contributed by atoms with Crippen LogP contribution in [0.2, 0.25) is 0 Å². The average molecular weight is 323 g/mol. The number of aliphatic hydroxyl groups excluding tert-OH is 1. The van der Waals surface area contributed by atoms with Gasteiger partial charge >= 0.3 is 5.97 Å². The van der Waals surface area contributed by atoms with Crippen molar-refractivity contribution in [3.05, 3.63) is 54.1 Å². The van der Waals surface area contributed by atoms with Crippen molar-refractivity contribution in [3.63, 3.8) is 0 Å². The molecule has 3 rings (SSSR count). The summed E-state index contributed by atoms with van der Waals surface area (Å²) in [5.41, 5.74) is 1.61. The van der Waals surface area contributed by atoms with Crippen LogP contribution in [0.25, 0.3) is 21.5 Å². The zero-order valence-electron chi connectivity index (χ0n) is 14.1. The monoisotopic (exact) mass is 323 g/mol. The van der Waals surface area contributed by atoms with Gasteiger partial charge in [0.15, 0.2) is 6.10 Å². The quantitative estimate of drug-likeness (QED) is 0.588. The third-order valence-electron chi connectivity index (χ3n) is 4.18. The molecule has 0 unspecified atom stereocenters. The minimum Gasteiger partial charge on any atom is -0.464 e. The fourth-order valence-corrected chi connectivity index (χ4v) is 3.02. The summed E-state index contributed by atoms with van der Waals surface area (Å²) in [5, 5.41) is 14.5. The minimum absolute atomic E-state index is 0.243. The Balaban J connectivity index is 2.29. The number of carbonyl (C=O) groups excluding carboxylic acids is 1. The van der Waals surface area contributed by atoms with E-state index in [-0.39, 0.29) is 6.61 Å². The Morgan fingerprint density at radius 1 is 1.08 bits per heavy atom. The van der Waals surface area contributed by atoms with Crippen LogP contribution in [0.15, 0.2) is 48.5 Å². The highest BCUT2D eigenvalue weighted by Crippen LogP contribution is 2.35. The van der Waals surface area contributed by atoms with Crippen LogP contribution < -0.4 is 4.90 Å². The number of fused-ring (bicyclic) bond motifs is 2. The molecule has 0 saturated carbocycles. The summed E-state index contributed by atoms with van der Waals surface area (Å²) in [7, 11) is 3.96. The van der Waals surface area contributed by atoms with Crippen LogP contribution in [0.4, 0.5) is 5.69 Å². The number of hydrogen-bond donors (Lipinski definition) is 1. The molecule has 1 atom stereocenters. The highest BCUT2D eigenvalue weighted by atomic mass is 16.5. The Kier molecular flexibility index (Phi) is 4.40. The summed E-state index contributed by atoms with van der Waals surface area (Å²) in [4.78, 5) is 14.0. The summed E-state index contributed by atoms with van der Waals surface area (Å²) in [6.07, 6.45) is -1.29. The van der Waals surface area contributed by atoms with Gasteiger partial charge in [-0.3, -0.25) is 0 Å². The molecule has 0 aliphatic rings. The summed E-state index contributed by atoms with van der Waals surface area (Å²) in [6.45, 7) is 1.97. The second kappa shape index (κ2) is 6.49. The molecule has 4 nitrogen and oxygen atoms in total. The SMILES string of the molecule is CCOC(=O)[C@@H](O)c1ccc(N(C)C)c2cc3ccccc3cc12. The predicted octanol–water partition coefficient (Wildman–Crippen LogP) is 3.66. The van der Waals surface area contributed by atoms with Gasteiger partial charge in [-0.25, -0.2) is 4.79 Å². The highest BCUT2D eigenvalue weighted by Gasteiger charge is 2.22. The van der Waals surface area contributed by atoms with Crippen molar-refractivity contribution in [3.8, 4) is 0 Å². The van der Waals surface area contributed by atoms with Crippen LogP contribution >= 0.6 is 0 Å². The maximum Gasteiger partial charge on any atom is 0.339 e. The number of rotatable bonds is 4. The zero-order valence-corrected chi connectivity index (χ0v) is 14.1. The number of esters is 1. The number of carbonyl (C=O) groups is 1. The van der Waals surface area contributed by atoms with Gasteiger partial charge < -0.3 is 14.7 Å². The van der Waals surface area contributed by atoms with Crippen molar-refractivity contribution < 1.29 is 14.6 Å². The van der Waals surface area contributed by atoms with Crippen LogP contribution in [0.3, 0.4) is 0 Å².